The minimum atomic E-state index is -0.992. The zero-order chi connectivity index (χ0) is 29.4. The van der Waals surface area contributed by atoms with E-state index in [4.69, 9.17) is 25.7 Å². The lowest BCUT2D eigenvalue weighted by atomic mass is 9.87. The summed E-state index contributed by atoms with van der Waals surface area (Å²) in [5.41, 5.74) is 12.6. The van der Waals surface area contributed by atoms with Crippen LogP contribution in [0.1, 0.15) is 39.7 Å². The Hall–Kier alpha value is -3.54. The molecule has 1 aromatic carbocycles. The van der Waals surface area contributed by atoms with Crippen molar-refractivity contribution < 1.29 is 39.1 Å². The molecule has 0 saturated carbocycles. The van der Waals surface area contributed by atoms with Crippen LogP contribution in [0.5, 0.6) is 11.5 Å². The number of phenols is 2. The number of hydrogen-bond donors (Lipinski definition) is 6. The second kappa shape index (κ2) is 14.0. The molecular weight excluding hydrogens is 506 g/mol. The number of anilines is 2. The van der Waals surface area contributed by atoms with Gasteiger partial charge in [-0.3, -0.25) is 4.79 Å². The van der Waals surface area contributed by atoms with Crippen LogP contribution in [0.15, 0.2) is 41.5 Å². The highest BCUT2D eigenvalue weighted by atomic mass is 16.6. The maximum atomic E-state index is 12.8. The van der Waals surface area contributed by atoms with Crippen LogP contribution in [0.3, 0.4) is 0 Å². The minimum Gasteiger partial charge on any atom is -0.506 e. The number of nitrogens with one attached hydrogen (secondary N) is 1. The Kier molecular flexibility index (Phi) is 11.4. The number of benzene rings is 1. The molecule has 2 rings (SSSR count). The Morgan fingerprint density at radius 3 is 2.41 bits per heavy atom. The van der Waals surface area contributed by atoms with Crippen LogP contribution in [0.4, 0.5) is 16.2 Å². The fourth-order valence-corrected chi connectivity index (χ4v) is 4.63. The Morgan fingerprint density at radius 1 is 1.15 bits per heavy atom. The molecule has 39 heavy (non-hydrogen) atoms. The first-order valence-corrected chi connectivity index (χ1v) is 12.7. The molecule has 1 heterocycles. The van der Waals surface area contributed by atoms with Gasteiger partial charge < -0.3 is 46.3 Å². The van der Waals surface area contributed by atoms with Crippen LogP contribution in [0.2, 0.25) is 0 Å². The largest absolute Gasteiger partial charge is 0.506 e. The number of nitrogens with two attached hydrogens (primary N) is 2. The number of primary amides is 1. The first-order valence-electron chi connectivity index (χ1n) is 12.7. The maximum Gasteiger partial charge on any atom is 0.405 e. The molecule has 6 atom stereocenters. The molecule has 8 N–H and O–H groups in total. The molecule has 0 unspecified atom stereocenters. The van der Waals surface area contributed by atoms with E-state index in [0.29, 0.717) is 12.0 Å². The molecule has 0 spiro atoms. The quantitative estimate of drug-likeness (QED) is 0.143. The van der Waals surface area contributed by atoms with Gasteiger partial charge in [-0.05, 0) is 38.2 Å². The van der Waals surface area contributed by atoms with E-state index in [1.807, 2.05) is 6.92 Å². The molecule has 216 valence electrons. The third-order valence-electron chi connectivity index (χ3n) is 6.87. The summed E-state index contributed by atoms with van der Waals surface area (Å²) < 4.78 is 16.5. The number of aliphatic hydroxyl groups excluding tert-OH is 1. The van der Waals surface area contributed by atoms with Gasteiger partial charge in [0.15, 0.2) is 6.10 Å². The summed E-state index contributed by atoms with van der Waals surface area (Å²) in [5.74, 6) is -1.63. The van der Waals surface area contributed by atoms with Crippen molar-refractivity contribution in [1.82, 2.24) is 0 Å². The highest BCUT2D eigenvalue weighted by Crippen LogP contribution is 2.40. The second-order valence-electron chi connectivity index (χ2n) is 10.0. The molecule has 1 aliphatic rings. The van der Waals surface area contributed by atoms with Gasteiger partial charge in [0, 0.05) is 37.3 Å². The zero-order valence-corrected chi connectivity index (χ0v) is 23.3. The average molecular weight is 548 g/mol. The molecule has 0 radical (unpaired) electrons. The second-order valence-corrected chi connectivity index (χ2v) is 10.0. The molecule has 11 nitrogen and oxygen atoms in total. The summed E-state index contributed by atoms with van der Waals surface area (Å²) in [6.45, 7) is 7.01. The van der Waals surface area contributed by atoms with Crippen molar-refractivity contribution in [3.05, 3.63) is 47.1 Å². The number of fused-ring (bicyclic) bond motifs is 2. The summed E-state index contributed by atoms with van der Waals surface area (Å²) in [6, 6.07) is 1.19. The zero-order valence-electron chi connectivity index (χ0n) is 23.3. The van der Waals surface area contributed by atoms with E-state index in [2.05, 4.69) is 5.32 Å². The van der Waals surface area contributed by atoms with Crippen molar-refractivity contribution in [2.24, 2.45) is 17.6 Å². The minimum absolute atomic E-state index is 0.00464. The molecule has 0 saturated heterocycles. The molecule has 0 aromatic heterocycles. The summed E-state index contributed by atoms with van der Waals surface area (Å²) in [7, 11) is 2.93. The van der Waals surface area contributed by atoms with Crippen molar-refractivity contribution in [3.63, 3.8) is 0 Å². The highest BCUT2D eigenvalue weighted by molar-refractivity contribution is 6.04. The fraction of sp³-hybridized carbons (Fsp3) is 0.500. The van der Waals surface area contributed by atoms with E-state index < -0.39 is 42.3 Å². The topological polar surface area (TPSA) is 187 Å². The predicted molar refractivity (Wildman–Crippen MR) is 148 cm³/mol. The monoisotopic (exact) mass is 547 g/mol. The van der Waals surface area contributed by atoms with E-state index in [1.54, 1.807) is 39.0 Å². The van der Waals surface area contributed by atoms with Crippen molar-refractivity contribution >= 4 is 23.4 Å². The van der Waals surface area contributed by atoms with Crippen LogP contribution >= 0.6 is 0 Å². The van der Waals surface area contributed by atoms with Crippen molar-refractivity contribution in [3.8, 4) is 11.5 Å². The first kappa shape index (κ1) is 31.7. The fourth-order valence-electron chi connectivity index (χ4n) is 4.63. The summed E-state index contributed by atoms with van der Waals surface area (Å²) in [5, 5.41) is 35.0. The van der Waals surface area contributed by atoms with Gasteiger partial charge in [0.1, 0.15) is 17.6 Å². The lowest BCUT2D eigenvalue weighted by Crippen LogP contribution is -2.37. The summed E-state index contributed by atoms with van der Waals surface area (Å²) in [6.07, 6.45) is 2.90. The molecular formula is C28H41N3O8. The van der Waals surface area contributed by atoms with Gasteiger partial charge in [-0.15, -0.1) is 0 Å². The first-order chi connectivity index (χ1) is 18.3. The van der Waals surface area contributed by atoms with E-state index in [-0.39, 0.29) is 46.3 Å². The number of carbonyl (C=O) groups excluding carboxylic acids is 2. The number of nitrogen functional groups attached to an aromatic ring is 1. The van der Waals surface area contributed by atoms with Crippen LogP contribution in [0, 0.1) is 11.8 Å². The molecule has 1 aromatic rings. The number of phenolic OH excluding ortho intramolecular Hbond substituents is 2. The van der Waals surface area contributed by atoms with Crippen molar-refractivity contribution in [2.45, 2.75) is 65.0 Å². The molecule has 0 aliphatic carbocycles. The van der Waals surface area contributed by atoms with Gasteiger partial charge in [-0.2, -0.15) is 0 Å². The van der Waals surface area contributed by atoms with Crippen LogP contribution in [-0.4, -0.2) is 66.0 Å². The Morgan fingerprint density at radius 2 is 1.82 bits per heavy atom. The molecule has 1 aliphatic heterocycles. The standard InChI is InChI=1S/C28H41N3O8/c1-14-10-18-23(29)20(32)13-19(25(18)34)31-27(35)15(2)8-7-9-21(37-5)26(39-28(30)36)17(4)12-16(3)24(33)22(11-14)38-6/h7-9,12-14,16,21-22,24,26,32-34H,10-11,29H2,1-6H3,(H2,30,36)(H,31,35)/b9-7-,15-8-,17-12-/t14-,16+,21-,22-,24+,26+/m1/s1. The molecule has 0 fully saturated rings. The number of hydrogen-bond acceptors (Lipinski definition) is 9. The average Bonchev–Trinajstić information content (AvgIpc) is 2.88. The predicted octanol–water partition coefficient (Wildman–Crippen LogP) is 3.14. The number of methoxy groups -OCH3 is 2. The van der Waals surface area contributed by atoms with Crippen molar-refractivity contribution in [2.75, 3.05) is 25.3 Å². The molecule has 2 bridgehead atoms. The number of allylic oxidation sites excluding steroid dienone is 2. The highest BCUT2D eigenvalue weighted by Gasteiger charge is 2.30. The van der Waals surface area contributed by atoms with Crippen LogP contribution < -0.4 is 16.8 Å². The summed E-state index contributed by atoms with van der Waals surface area (Å²) >= 11 is 0. The SMILES string of the molecule is CO[C@@H]1/C=C\C=C(\C)C(=O)Nc2cc(O)c(N)c(c2O)C[C@@H](C)C[C@@H](OC)[C@@H](O)[C@@H](C)/C=C(/C)[C@@H]1OC(N)=O. The number of carbonyl (C=O) groups is 2. The van der Waals surface area contributed by atoms with E-state index in [9.17, 15) is 24.9 Å². The van der Waals surface area contributed by atoms with Gasteiger partial charge in [0.25, 0.3) is 5.91 Å². The summed E-state index contributed by atoms with van der Waals surface area (Å²) in [4.78, 5) is 24.5. The van der Waals surface area contributed by atoms with Gasteiger partial charge in [0.05, 0.1) is 23.6 Å². The van der Waals surface area contributed by atoms with E-state index in [1.165, 1.54) is 26.4 Å². The molecule has 2 amide bonds. The molecule has 11 heteroatoms. The third kappa shape index (κ3) is 8.22. The van der Waals surface area contributed by atoms with Crippen LogP contribution in [0.25, 0.3) is 0 Å². The smallest absolute Gasteiger partial charge is 0.405 e. The van der Waals surface area contributed by atoms with Gasteiger partial charge >= 0.3 is 6.09 Å². The maximum absolute atomic E-state index is 12.8. The number of amides is 2. The third-order valence-corrected chi connectivity index (χ3v) is 6.87. The Balaban J connectivity index is 2.62. The lowest BCUT2D eigenvalue weighted by molar-refractivity contribution is -0.112. The lowest BCUT2D eigenvalue weighted by Gasteiger charge is -2.29. The normalized spacial score (nSPS) is 30.8. The van der Waals surface area contributed by atoms with E-state index in [0.717, 1.165) is 0 Å². The van der Waals surface area contributed by atoms with E-state index >= 15 is 0 Å². The Bertz CT molecular complexity index is 1130. The number of aliphatic hydroxyl groups is 1. The Labute approximate surface area is 229 Å². The van der Waals surface area contributed by atoms with Crippen molar-refractivity contribution in [1.29, 1.82) is 0 Å². The van der Waals surface area contributed by atoms with Gasteiger partial charge in [-0.25, -0.2) is 4.79 Å². The van der Waals surface area contributed by atoms with Gasteiger partial charge in [0.2, 0.25) is 0 Å². The number of ether oxygens (including phenoxy) is 3. The van der Waals surface area contributed by atoms with Crippen LogP contribution in [-0.2, 0) is 25.4 Å². The number of aromatic hydroxyl groups is 2. The van der Waals surface area contributed by atoms with Gasteiger partial charge in [-0.1, -0.05) is 38.2 Å². The number of rotatable bonds is 3.